The maximum absolute atomic E-state index is 3.26. The molecule has 0 atom stereocenters. The number of hydrogen-bond donors (Lipinski definition) is 0. The van der Waals surface area contributed by atoms with Gasteiger partial charge in [0.25, 0.3) is 0 Å². The Labute approximate surface area is 90.7 Å². The van der Waals surface area contributed by atoms with Crippen molar-refractivity contribution in [3.05, 3.63) is 0 Å². The molecule has 0 unspecified atom stereocenters. The minimum atomic E-state index is -0.970. The van der Waals surface area contributed by atoms with Gasteiger partial charge in [-0.1, -0.05) is 19.6 Å². The SMILES string of the molecule is C[Si](C)(C)C#[C][Hg].C[Si](C)C. The van der Waals surface area contributed by atoms with Gasteiger partial charge in [0, 0.05) is 8.80 Å². The van der Waals surface area contributed by atoms with E-state index in [0.29, 0.717) is 26.1 Å². The average Bonchev–Trinajstić information content (AvgIpc) is 1.58. The quantitative estimate of drug-likeness (QED) is 0.454. The smallest absolute Gasteiger partial charge is 0.0379 e. The summed E-state index contributed by atoms with van der Waals surface area (Å²) in [7, 11) is -0.849. The van der Waals surface area contributed by atoms with Gasteiger partial charge in [-0.15, -0.1) is 0 Å². The van der Waals surface area contributed by atoms with Crippen LogP contribution in [-0.2, 0) is 26.1 Å². The molecule has 1 radical (unpaired) electrons. The predicted molar refractivity (Wildman–Crippen MR) is 54.5 cm³/mol. The van der Waals surface area contributed by atoms with Crippen LogP contribution in [0.5, 0.6) is 0 Å². The molecule has 0 aromatic heterocycles. The fraction of sp³-hybridized carbons (Fsp3) is 0.750. The number of rotatable bonds is 0. The van der Waals surface area contributed by atoms with E-state index < -0.39 is 8.07 Å². The Balaban J connectivity index is 0. The molecule has 0 aromatic rings. The molecule has 60 valence electrons. The van der Waals surface area contributed by atoms with Gasteiger partial charge in [-0.2, -0.15) is 0 Å². The first-order valence-corrected chi connectivity index (χ1v) is 13.1. The third-order valence-corrected chi connectivity index (χ3v) is 3.45. The van der Waals surface area contributed by atoms with Crippen molar-refractivity contribution >= 4 is 16.9 Å². The van der Waals surface area contributed by atoms with Crippen molar-refractivity contribution in [3.63, 3.8) is 0 Å². The Bertz CT molecular complexity index is 134. The maximum Gasteiger partial charge on any atom is 0.0379 e. The first kappa shape index (κ1) is 14.5. The van der Waals surface area contributed by atoms with Crippen molar-refractivity contribution in [2.75, 3.05) is 0 Å². The molecule has 0 saturated heterocycles. The molecular weight excluding hydrogens is 353 g/mol. The zero-order valence-electron chi connectivity index (χ0n) is 8.71. The summed E-state index contributed by atoms with van der Waals surface area (Å²) in [6.07, 6.45) is 0. The minimum Gasteiger partial charge on any atom is -0.0715 e. The third kappa shape index (κ3) is 35.9. The van der Waals surface area contributed by atoms with Gasteiger partial charge < -0.3 is 0 Å². The van der Waals surface area contributed by atoms with Crippen molar-refractivity contribution in [1.29, 1.82) is 0 Å². The normalized spacial score (nSPS) is 9.55. The van der Waals surface area contributed by atoms with Gasteiger partial charge in [0.2, 0.25) is 0 Å². The van der Waals surface area contributed by atoms with Crippen molar-refractivity contribution < 1.29 is 26.1 Å². The molecule has 0 aliphatic carbocycles. The summed E-state index contributed by atoms with van der Waals surface area (Å²) in [6.45, 7) is 13.6. The largest absolute Gasteiger partial charge is 0.0715 e. The van der Waals surface area contributed by atoms with Gasteiger partial charge in [0.1, 0.15) is 0 Å². The molecule has 0 spiro atoms. The van der Waals surface area contributed by atoms with Crippen molar-refractivity contribution in [3.8, 4) is 8.97 Å². The first-order valence-electron chi connectivity index (χ1n) is 3.85. The van der Waals surface area contributed by atoms with Gasteiger partial charge in [0.15, 0.2) is 0 Å². The second kappa shape index (κ2) is 7.57. The Hall–Kier alpha value is 0.929. The second-order valence-electron chi connectivity index (χ2n) is 4.05. The van der Waals surface area contributed by atoms with Crippen LogP contribution in [0.4, 0.5) is 0 Å². The molecule has 0 nitrogen and oxygen atoms in total. The summed E-state index contributed by atoms with van der Waals surface area (Å²) in [5, 5.41) is 0. The topological polar surface area (TPSA) is 0 Å². The minimum absolute atomic E-state index is 0.120. The van der Waals surface area contributed by atoms with E-state index in [1.54, 1.807) is 0 Å². The molecule has 3 heteroatoms. The van der Waals surface area contributed by atoms with Crippen LogP contribution in [0.25, 0.3) is 0 Å². The Morgan fingerprint density at radius 1 is 1.09 bits per heavy atom. The summed E-state index contributed by atoms with van der Waals surface area (Å²) in [5.74, 6) is 0. The van der Waals surface area contributed by atoms with Crippen LogP contribution in [0.1, 0.15) is 0 Å². The molecule has 0 aliphatic heterocycles. The Morgan fingerprint density at radius 2 is 1.36 bits per heavy atom. The van der Waals surface area contributed by atoms with Crippen LogP contribution >= 0.6 is 0 Å². The maximum atomic E-state index is 3.26. The molecule has 0 N–H and O–H groups in total. The van der Waals surface area contributed by atoms with Crippen molar-refractivity contribution in [2.24, 2.45) is 0 Å². The van der Waals surface area contributed by atoms with Crippen LogP contribution in [-0.4, -0.2) is 16.9 Å². The average molecular weight is 371 g/mol. The Morgan fingerprint density at radius 3 is 1.36 bits per heavy atom. The van der Waals surface area contributed by atoms with Crippen LogP contribution in [0.3, 0.4) is 0 Å². The molecule has 0 heterocycles. The monoisotopic (exact) mass is 372 g/mol. The second-order valence-corrected chi connectivity index (χ2v) is 13.2. The van der Waals surface area contributed by atoms with E-state index >= 15 is 0 Å². The predicted octanol–water partition coefficient (Wildman–Crippen LogP) is 2.74. The van der Waals surface area contributed by atoms with Crippen LogP contribution in [0, 0.1) is 8.97 Å². The first-order chi connectivity index (χ1) is 4.79. The molecule has 0 aromatic carbocycles. The van der Waals surface area contributed by atoms with Gasteiger partial charge in [-0.25, -0.2) is 0 Å². The van der Waals surface area contributed by atoms with Crippen LogP contribution < -0.4 is 0 Å². The summed E-state index contributed by atoms with van der Waals surface area (Å²) in [4.78, 5) is 0. The summed E-state index contributed by atoms with van der Waals surface area (Å²) >= 11 is 0.700. The van der Waals surface area contributed by atoms with E-state index in [-0.39, 0.29) is 8.80 Å². The van der Waals surface area contributed by atoms with Crippen molar-refractivity contribution in [2.45, 2.75) is 39.3 Å². The van der Waals surface area contributed by atoms with Gasteiger partial charge in [0.05, 0.1) is 0 Å². The van der Waals surface area contributed by atoms with E-state index in [0.717, 1.165) is 0 Å². The van der Waals surface area contributed by atoms with E-state index in [2.05, 4.69) is 48.3 Å². The molecular formula is C8H18HgSi2. The van der Waals surface area contributed by atoms with Crippen LogP contribution in [0.15, 0.2) is 0 Å². The molecule has 0 bridgehead atoms. The third-order valence-electron chi connectivity index (χ3n) is 0.463. The van der Waals surface area contributed by atoms with Crippen LogP contribution in [0.2, 0.25) is 39.3 Å². The number of hydrogen-bond acceptors (Lipinski definition) is 0. The van der Waals surface area contributed by atoms with E-state index in [4.69, 9.17) is 0 Å². The summed E-state index contributed by atoms with van der Waals surface area (Å²) in [6, 6.07) is 0. The van der Waals surface area contributed by atoms with E-state index in [1.165, 1.54) is 0 Å². The van der Waals surface area contributed by atoms with Gasteiger partial charge >= 0.3 is 62.8 Å². The molecule has 11 heavy (non-hydrogen) atoms. The zero-order valence-corrected chi connectivity index (χ0v) is 16.2. The summed E-state index contributed by atoms with van der Waals surface area (Å²) < 4.78 is 3.11. The zero-order chi connectivity index (χ0) is 9.49. The molecule has 0 saturated carbocycles. The Kier molecular flexibility index (Phi) is 9.95. The fourth-order valence-electron chi connectivity index (χ4n) is 0.265. The molecule has 0 amide bonds. The van der Waals surface area contributed by atoms with Crippen molar-refractivity contribution in [1.82, 2.24) is 0 Å². The molecule has 0 rings (SSSR count). The molecule has 0 aliphatic rings. The standard InChI is InChI=1S/C5H9Si.C3H9Si.Hg/c1-5-6(2,3)4;1-4(2)3;/h2-4H3;1-3H3;. The fourth-order valence-corrected chi connectivity index (χ4v) is 6.98. The van der Waals surface area contributed by atoms with Gasteiger partial charge in [-0.05, 0) is 0 Å². The summed E-state index contributed by atoms with van der Waals surface area (Å²) in [5.41, 5.74) is 3.26. The van der Waals surface area contributed by atoms with Gasteiger partial charge in [-0.3, -0.25) is 0 Å². The molecule has 0 fully saturated rings. The van der Waals surface area contributed by atoms with E-state index in [9.17, 15) is 0 Å². The van der Waals surface area contributed by atoms with E-state index in [1.807, 2.05) is 0 Å².